The van der Waals surface area contributed by atoms with Gasteiger partial charge in [-0.25, -0.2) is 0 Å². The topological polar surface area (TPSA) is 113 Å². The van der Waals surface area contributed by atoms with Gasteiger partial charge in [0.1, 0.15) is 17.2 Å². The molecule has 0 bridgehead atoms. The van der Waals surface area contributed by atoms with Gasteiger partial charge in [-0.3, -0.25) is 29.0 Å². The van der Waals surface area contributed by atoms with Crippen LogP contribution in [0.15, 0.2) is 78.4 Å². The van der Waals surface area contributed by atoms with Gasteiger partial charge in [-0.05, 0) is 60.7 Å². The second-order valence-electron chi connectivity index (χ2n) is 12.6. The quantitative estimate of drug-likeness (QED) is 0.0962. The molecule has 2 heterocycles. The van der Waals surface area contributed by atoms with Gasteiger partial charge in [-0.15, -0.1) is 23.2 Å². The molecule has 0 aromatic heterocycles. The first-order valence-corrected chi connectivity index (χ1v) is 17.5. The van der Waals surface area contributed by atoms with Crippen LogP contribution in [-0.4, -0.2) is 63.1 Å². The second kappa shape index (κ2) is 12.3. The Balaban J connectivity index is 1.23. The van der Waals surface area contributed by atoms with Gasteiger partial charge < -0.3 is 14.6 Å². The number of aromatic hydroxyl groups is 1. The summed E-state index contributed by atoms with van der Waals surface area (Å²) in [5.41, 5.74) is 2.87. The molecule has 3 fully saturated rings. The lowest BCUT2D eigenvalue weighted by atomic mass is 9.56. The number of methoxy groups -OCH3 is 2. The van der Waals surface area contributed by atoms with E-state index < -0.39 is 51.1 Å². The molecule has 0 spiro atoms. The molecule has 1 saturated carbocycles. The molecule has 6 atom stereocenters. The number of likely N-dealkylation sites (tertiary alicyclic amines) is 1. The summed E-state index contributed by atoms with van der Waals surface area (Å²) in [7, 11) is 3.18. The van der Waals surface area contributed by atoms with Crippen molar-refractivity contribution >= 4 is 80.6 Å². The van der Waals surface area contributed by atoms with E-state index in [0.717, 1.165) is 16.0 Å². The molecule has 1 N–H and O–H groups in total. The predicted octanol–water partition coefficient (Wildman–Crippen LogP) is 6.50. The SMILES string of the molecule is COc1ccc(OC)c(C=Cc2ccc(N3C(=O)[C@H]4[C@H](CC=C5[C@H]4C[C@@]4(Cl)C(=O)N(CBr)C(=O)[C@@]4(Cl)[C@H]5c4ccccc4O)C3=O)cc2)c1. The molecule has 4 aliphatic rings. The summed E-state index contributed by atoms with van der Waals surface area (Å²) in [6.07, 6.45) is 5.71. The maximum Gasteiger partial charge on any atom is 0.254 e. The van der Waals surface area contributed by atoms with Crippen molar-refractivity contribution in [2.24, 2.45) is 17.8 Å². The molecular formula is C37H31BrCl2N2O7. The molecule has 3 aromatic rings. The number of anilines is 1. The number of alkyl halides is 3. The molecule has 2 saturated heterocycles. The molecule has 12 heteroatoms. The lowest BCUT2D eigenvalue weighted by molar-refractivity contribution is -0.138. The largest absolute Gasteiger partial charge is 0.508 e. The zero-order valence-electron chi connectivity index (χ0n) is 26.4. The van der Waals surface area contributed by atoms with Gasteiger partial charge in [0, 0.05) is 17.0 Å². The van der Waals surface area contributed by atoms with E-state index in [1.165, 1.54) is 11.0 Å². The molecule has 9 nitrogen and oxygen atoms in total. The van der Waals surface area contributed by atoms with Gasteiger partial charge in [0.2, 0.25) is 11.8 Å². The summed E-state index contributed by atoms with van der Waals surface area (Å²) >= 11 is 17.7. The maximum absolute atomic E-state index is 14.3. The molecule has 2 aliphatic heterocycles. The molecule has 7 rings (SSSR count). The average molecular weight is 766 g/mol. The van der Waals surface area contributed by atoms with E-state index in [1.807, 2.05) is 48.6 Å². The molecule has 0 unspecified atom stereocenters. The summed E-state index contributed by atoms with van der Waals surface area (Å²) in [6, 6.07) is 19.0. The summed E-state index contributed by atoms with van der Waals surface area (Å²) in [4.78, 5) is 54.2. The Bertz CT molecular complexity index is 1970. The van der Waals surface area contributed by atoms with Crippen molar-refractivity contribution in [3.05, 3.63) is 95.1 Å². The van der Waals surface area contributed by atoms with Crippen molar-refractivity contribution in [3.8, 4) is 17.2 Å². The Morgan fingerprint density at radius 1 is 0.918 bits per heavy atom. The number of allylic oxidation sites excluding steroid dienone is 2. The zero-order valence-corrected chi connectivity index (χ0v) is 29.5. The minimum Gasteiger partial charge on any atom is -0.508 e. The highest BCUT2D eigenvalue weighted by molar-refractivity contribution is 9.09. The number of halogens is 3. The van der Waals surface area contributed by atoms with Gasteiger partial charge in [0.25, 0.3) is 11.8 Å². The highest BCUT2D eigenvalue weighted by Crippen LogP contribution is 2.66. The van der Waals surface area contributed by atoms with Gasteiger partial charge in [0.05, 0.1) is 37.2 Å². The second-order valence-corrected chi connectivity index (χ2v) is 14.3. The summed E-state index contributed by atoms with van der Waals surface area (Å²) in [6.45, 7) is 0. The van der Waals surface area contributed by atoms with E-state index in [9.17, 15) is 24.3 Å². The number of rotatable bonds is 7. The monoisotopic (exact) mass is 764 g/mol. The number of amides is 4. The van der Waals surface area contributed by atoms with Crippen molar-refractivity contribution in [1.29, 1.82) is 0 Å². The van der Waals surface area contributed by atoms with Crippen LogP contribution in [0.2, 0.25) is 0 Å². The standard InChI is InChI=1S/C37H31BrCl2N2O7/c1-48-23-13-16-29(49-2)21(17-23)10-7-20-8-11-22(12-9-20)42-32(44)26-15-14-24-27(30(26)33(42)45)18-36(39)34(46)41(19-38)35(47)37(36,40)31(24)25-5-3-4-6-28(25)43/h3-14,16-17,26-27,30-31,43H,15,18-19H2,1-2H3/t26-,27+,30-,31+,36+,37-/m0/s1. The molecule has 4 amide bonds. The van der Waals surface area contributed by atoms with Crippen molar-refractivity contribution in [1.82, 2.24) is 4.90 Å². The first-order valence-electron chi connectivity index (χ1n) is 15.7. The number of carbonyl (C=O) groups is 4. The Morgan fingerprint density at radius 3 is 2.33 bits per heavy atom. The zero-order chi connectivity index (χ0) is 34.8. The van der Waals surface area contributed by atoms with E-state index in [0.29, 0.717) is 28.3 Å². The fourth-order valence-electron chi connectivity index (χ4n) is 7.97. The van der Waals surface area contributed by atoms with Gasteiger partial charge in [-0.1, -0.05) is 70.1 Å². The van der Waals surface area contributed by atoms with Gasteiger partial charge >= 0.3 is 0 Å². The highest BCUT2D eigenvalue weighted by Gasteiger charge is 2.76. The van der Waals surface area contributed by atoms with Crippen LogP contribution in [-0.2, 0) is 19.2 Å². The smallest absolute Gasteiger partial charge is 0.254 e. The van der Waals surface area contributed by atoms with Crippen LogP contribution in [0.3, 0.4) is 0 Å². The minimum atomic E-state index is -1.98. The third kappa shape index (κ3) is 4.86. The number of phenolic OH excluding ortho intramolecular Hbond substituents is 1. The van der Waals surface area contributed by atoms with Crippen LogP contribution in [0.4, 0.5) is 5.69 Å². The number of imide groups is 2. The Morgan fingerprint density at radius 2 is 1.65 bits per heavy atom. The minimum absolute atomic E-state index is 0.123. The molecule has 3 aromatic carbocycles. The van der Waals surface area contributed by atoms with E-state index in [-0.39, 0.29) is 30.0 Å². The predicted molar refractivity (Wildman–Crippen MR) is 189 cm³/mol. The third-order valence-corrected chi connectivity index (χ3v) is 12.2. The van der Waals surface area contributed by atoms with E-state index in [1.54, 1.807) is 44.6 Å². The van der Waals surface area contributed by atoms with Crippen molar-refractivity contribution in [2.75, 3.05) is 24.6 Å². The van der Waals surface area contributed by atoms with Crippen molar-refractivity contribution in [2.45, 2.75) is 28.5 Å². The lowest BCUT2D eigenvalue weighted by Crippen LogP contribution is -2.60. The number of carbonyl (C=O) groups excluding carboxylic acids is 4. The van der Waals surface area contributed by atoms with Crippen LogP contribution in [0.25, 0.3) is 12.2 Å². The molecule has 0 radical (unpaired) electrons. The summed E-state index contributed by atoms with van der Waals surface area (Å²) in [5, 5.41) is 11.0. The van der Waals surface area contributed by atoms with Crippen LogP contribution in [0.1, 0.15) is 35.4 Å². The highest BCUT2D eigenvalue weighted by atomic mass is 79.9. The fourth-order valence-corrected chi connectivity index (χ4v) is 9.39. The van der Waals surface area contributed by atoms with E-state index >= 15 is 0 Å². The van der Waals surface area contributed by atoms with Gasteiger partial charge in [-0.2, -0.15) is 0 Å². The fraction of sp³-hybridized carbons (Fsp3) is 0.297. The van der Waals surface area contributed by atoms with Crippen molar-refractivity contribution < 1.29 is 33.8 Å². The lowest BCUT2D eigenvalue weighted by Gasteiger charge is -2.50. The Kier molecular flexibility index (Phi) is 8.40. The van der Waals surface area contributed by atoms with E-state index in [4.69, 9.17) is 32.7 Å². The molecule has 49 heavy (non-hydrogen) atoms. The van der Waals surface area contributed by atoms with Crippen LogP contribution < -0.4 is 14.4 Å². The van der Waals surface area contributed by atoms with E-state index in [2.05, 4.69) is 15.9 Å². The van der Waals surface area contributed by atoms with Crippen LogP contribution >= 0.6 is 39.1 Å². The first-order chi connectivity index (χ1) is 23.5. The first kappa shape index (κ1) is 33.4. The summed E-state index contributed by atoms with van der Waals surface area (Å²) < 4.78 is 10.8. The number of para-hydroxylation sites is 1. The number of phenols is 1. The molecular weight excluding hydrogens is 735 g/mol. The maximum atomic E-state index is 14.3. The summed E-state index contributed by atoms with van der Waals surface area (Å²) in [5.74, 6) is -4.16. The molecule has 252 valence electrons. The Hall–Kier alpha value is -4.12. The number of benzene rings is 3. The van der Waals surface area contributed by atoms with Crippen molar-refractivity contribution in [3.63, 3.8) is 0 Å². The average Bonchev–Trinajstić information content (AvgIpc) is 3.45. The number of ether oxygens (including phenoxy) is 2. The van der Waals surface area contributed by atoms with Crippen LogP contribution in [0.5, 0.6) is 17.2 Å². The number of hydrogen-bond donors (Lipinski definition) is 1. The molecule has 2 aliphatic carbocycles. The Labute approximate surface area is 301 Å². The van der Waals surface area contributed by atoms with Gasteiger partial charge in [0.15, 0.2) is 9.75 Å². The number of fused-ring (bicyclic) bond motifs is 4. The number of hydrogen-bond acceptors (Lipinski definition) is 7. The third-order valence-electron chi connectivity index (χ3n) is 10.3. The number of nitrogens with zero attached hydrogens (tertiary/aromatic N) is 2. The van der Waals surface area contributed by atoms with Crippen LogP contribution in [0, 0.1) is 17.8 Å². The normalized spacial score (nSPS) is 29.2.